The van der Waals surface area contributed by atoms with Gasteiger partial charge in [-0.3, -0.25) is 14.4 Å². The Hall–Kier alpha value is -4.26. The number of amides is 2. The van der Waals surface area contributed by atoms with Gasteiger partial charge in [0.15, 0.2) is 0 Å². The van der Waals surface area contributed by atoms with E-state index in [0.717, 1.165) is 16.6 Å². The van der Waals surface area contributed by atoms with Crippen LogP contribution in [0, 0.1) is 0 Å². The van der Waals surface area contributed by atoms with E-state index in [2.05, 4.69) is 10.2 Å². The SMILES string of the molecule is O=C(c1ccccc1)N1CCN(C(=O)c2cccc(Cc3n[nH]c(=O)c4ccccc34)c2)CC1. The Balaban J connectivity index is 1.28. The van der Waals surface area contributed by atoms with Gasteiger partial charge in [-0.25, -0.2) is 5.10 Å². The summed E-state index contributed by atoms with van der Waals surface area (Å²) >= 11 is 0. The number of H-pyrrole nitrogens is 1. The Morgan fingerprint density at radius 3 is 2.03 bits per heavy atom. The topological polar surface area (TPSA) is 86.4 Å². The van der Waals surface area contributed by atoms with Gasteiger partial charge in [0.1, 0.15) is 0 Å². The van der Waals surface area contributed by atoms with Gasteiger partial charge in [0.25, 0.3) is 17.4 Å². The first-order valence-electron chi connectivity index (χ1n) is 11.3. The Labute approximate surface area is 196 Å². The number of rotatable bonds is 4. The minimum atomic E-state index is -0.215. The lowest BCUT2D eigenvalue weighted by Crippen LogP contribution is -2.50. The minimum absolute atomic E-state index is 0.00433. The lowest BCUT2D eigenvalue weighted by atomic mass is 10.0. The van der Waals surface area contributed by atoms with E-state index >= 15 is 0 Å². The number of hydrogen-bond donors (Lipinski definition) is 1. The van der Waals surface area contributed by atoms with Gasteiger partial charge in [0.05, 0.1) is 11.1 Å². The van der Waals surface area contributed by atoms with E-state index < -0.39 is 0 Å². The van der Waals surface area contributed by atoms with Crippen molar-refractivity contribution in [1.82, 2.24) is 20.0 Å². The summed E-state index contributed by atoms with van der Waals surface area (Å²) < 4.78 is 0. The van der Waals surface area contributed by atoms with Crippen molar-refractivity contribution in [3.8, 4) is 0 Å². The highest BCUT2D eigenvalue weighted by molar-refractivity contribution is 5.96. The van der Waals surface area contributed by atoms with Crippen LogP contribution in [-0.2, 0) is 6.42 Å². The zero-order valence-electron chi connectivity index (χ0n) is 18.6. The summed E-state index contributed by atoms with van der Waals surface area (Å²) in [6, 6.07) is 24.1. The molecule has 0 unspecified atom stereocenters. The maximum Gasteiger partial charge on any atom is 0.272 e. The van der Waals surface area contributed by atoms with Crippen molar-refractivity contribution in [3.05, 3.63) is 112 Å². The minimum Gasteiger partial charge on any atom is -0.335 e. The molecule has 7 heteroatoms. The highest BCUT2D eigenvalue weighted by Gasteiger charge is 2.25. The van der Waals surface area contributed by atoms with E-state index in [0.29, 0.717) is 49.1 Å². The third-order valence-corrected chi connectivity index (χ3v) is 6.20. The Morgan fingerprint density at radius 1 is 0.735 bits per heavy atom. The van der Waals surface area contributed by atoms with Crippen molar-refractivity contribution in [3.63, 3.8) is 0 Å². The van der Waals surface area contributed by atoms with Crippen LogP contribution in [0.15, 0.2) is 83.7 Å². The van der Waals surface area contributed by atoms with E-state index in [-0.39, 0.29) is 17.4 Å². The van der Waals surface area contributed by atoms with Gasteiger partial charge in [-0.05, 0) is 35.9 Å². The van der Waals surface area contributed by atoms with Crippen molar-refractivity contribution in [2.75, 3.05) is 26.2 Å². The largest absolute Gasteiger partial charge is 0.335 e. The van der Waals surface area contributed by atoms with Crippen LogP contribution in [0.1, 0.15) is 32.0 Å². The predicted octanol–water partition coefficient (Wildman–Crippen LogP) is 3.11. The van der Waals surface area contributed by atoms with E-state index in [1.807, 2.05) is 72.8 Å². The molecule has 1 aromatic heterocycles. The fraction of sp³-hybridized carbons (Fsp3) is 0.185. The molecule has 1 N–H and O–H groups in total. The van der Waals surface area contributed by atoms with Crippen LogP contribution in [0.4, 0.5) is 0 Å². The number of benzene rings is 3. The summed E-state index contributed by atoms with van der Waals surface area (Å²) in [6.45, 7) is 2.00. The highest BCUT2D eigenvalue weighted by atomic mass is 16.2. The van der Waals surface area contributed by atoms with E-state index in [1.54, 1.807) is 15.9 Å². The van der Waals surface area contributed by atoms with Crippen LogP contribution in [-0.4, -0.2) is 58.0 Å². The molecule has 2 amide bonds. The van der Waals surface area contributed by atoms with Crippen LogP contribution >= 0.6 is 0 Å². The molecular formula is C27H24N4O3. The molecule has 5 rings (SSSR count). The molecule has 170 valence electrons. The second-order valence-electron chi connectivity index (χ2n) is 8.37. The maximum absolute atomic E-state index is 13.2. The molecular weight excluding hydrogens is 428 g/mol. The Bertz CT molecular complexity index is 1410. The first-order valence-corrected chi connectivity index (χ1v) is 11.3. The number of nitrogens with zero attached hydrogens (tertiary/aromatic N) is 3. The molecule has 3 aromatic carbocycles. The van der Waals surface area contributed by atoms with Crippen LogP contribution in [0.5, 0.6) is 0 Å². The van der Waals surface area contributed by atoms with Crippen molar-refractivity contribution in [1.29, 1.82) is 0 Å². The highest BCUT2D eigenvalue weighted by Crippen LogP contribution is 2.18. The second kappa shape index (κ2) is 9.31. The smallest absolute Gasteiger partial charge is 0.272 e. The van der Waals surface area contributed by atoms with Crippen molar-refractivity contribution < 1.29 is 9.59 Å². The quantitative estimate of drug-likeness (QED) is 0.516. The summed E-state index contributed by atoms with van der Waals surface area (Å²) in [5, 5.41) is 8.22. The Kier molecular flexibility index (Phi) is 5.91. The van der Waals surface area contributed by atoms with Crippen LogP contribution < -0.4 is 5.56 Å². The van der Waals surface area contributed by atoms with Gasteiger partial charge in [0.2, 0.25) is 0 Å². The molecule has 1 aliphatic heterocycles. The number of nitrogens with one attached hydrogen (secondary N) is 1. The number of carbonyl (C=O) groups is 2. The molecule has 2 heterocycles. The van der Waals surface area contributed by atoms with Gasteiger partial charge in [0, 0.05) is 49.1 Å². The van der Waals surface area contributed by atoms with Crippen LogP contribution in [0.2, 0.25) is 0 Å². The molecule has 34 heavy (non-hydrogen) atoms. The molecule has 7 nitrogen and oxygen atoms in total. The Morgan fingerprint density at radius 2 is 1.32 bits per heavy atom. The standard InChI is InChI=1S/C27H24N4O3/c32-25-23-12-5-4-11-22(23)24(28-29-25)18-19-7-6-10-21(17-19)27(34)31-15-13-30(14-16-31)26(33)20-8-2-1-3-9-20/h1-12,17H,13-16,18H2,(H,29,32). The fourth-order valence-electron chi connectivity index (χ4n) is 4.37. The molecule has 1 fully saturated rings. The molecule has 1 saturated heterocycles. The first-order chi connectivity index (χ1) is 16.6. The third kappa shape index (κ3) is 4.32. The van der Waals surface area contributed by atoms with Gasteiger partial charge in [-0.2, -0.15) is 5.10 Å². The second-order valence-corrected chi connectivity index (χ2v) is 8.37. The van der Waals surface area contributed by atoms with E-state index in [9.17, 15) is 14.4 Å². The van der Waals surface area contributed by atoms with Crippen molar-refractivity contribution >= 4 is 22.6 Å². The molecule has 1 aliphatic rings. The average molecular weight is 453 g/mol. The summed E-state index contributed by atoms with van der Waals surface area (Å²) in [4.78, 5) is 41.5. The van der Waals surface area contributed by atoms with Gasteiger partial charge >= 0.3 is 0 Å². The number of aromatic amines is 1. The zero-order valence-corrected chi connectivity index (χ0v) is 18.6. The zero-order chi connectivity index (χ0) is 23.5. The van der Waals surface area contributed by atoms with Gasteiger partial charge in [-0.15, -0.1) is 0 Å². The van der Waals surface area contributed by atoms with Gasteiger partial charge < -0.3 is 9.80 Å². The molecule has 0 spiro atoms. The molecule has 0 saturated carbocycles. The molecule has 0 bridgehead atoms. The average Bonchev–Trinajstić information content (AvgIpc) is 2.90. The number of aromatic nitrogens is 2. The molecule has 0 atom stereocenters. The fourth-order valence-corrected chi connectivity index (χ4v) is 4.37. The molecule has 0 radical (unpaired) electrons. The summed E-state index contributed by atoms with van der Waals surface area (Å²) in [5.41, 5.74) is 2.75. The third-order valence-electron chi connectivity index (χ3n) is 6.20. The maximum atomic E-state index is 13.2. The summed E-state index contributed by atoms with van der Waals surface area (Å²) in [6.07, 6.45) is 0.498. The normalized spacial score (nSPS) is 13.8. The lowest BCUT2D eigenvalue weighted by Gasteiger charge is -2.35. The predicted molar refractivity (Wildman–Crippen MR) is 130 cm³/mol. The number of carbonyl (C=O) groups excluding carboxylic acids is 2. The van der Waals surface area contributed by atoms with E-state index in [4.69, 9.17) is 0 Å². The first kappa shape index (κ1) is 21.6. The lowest BCUT2D eigenvalue weighted by molar-refractivity contribution is 0.0535. The summed E-state index contributed by atoms with van der Waals surface area (Å²) in [5.74, 6) is -0.0525. The van der Waals surface area contributed by atoms with Crippen LogP contribution in [0.25, 0.3) is 10.8 Å². The van der Waals surface area contributed by atoms with Crippen molar-refractivity contribution in [2.45, 2.75) is 6.42 Å². The number of fused-ring (bicyclic) bond motifs is 1. The molecule has 0 aliphatic carbocycles. The van der Waals surface area contributed by atoms with E-state index in [1.165, 1.54) is 0 Å². The van der Waals surface area contributed by atoms with Gasteiger partial charge in [-0.1, -0.05) is 48.5 Å². The summed E-state index contributed by atoms with van der Waals surface area (Å²) in [7, 11) is 0. The molecule has 4 aromatic rings. The van der Waals surface area contributed by atoms with Crippen LogP contribution in [0.3, 0.4) is 0 Å². The number of piperazine rings is 1. The number of hydrogen-bond acceptors (Lipinski definition) is 4. The monoisotopic (exact) mass is 452 g/mol. The van der Waals surface area contributed by atoms with Crippen molar-refractivity contribution in [2.24, 2.45) is 0 Å².